The number of carbonyl (C=O) groups is 2. The van der Waals surface area contributed by atoms with E-state index in [2.05, 4.69) is 20.8 Å². The van der Waals surface area contributed by atoms with Crippen LogP contribution in [-0.4, -0.2) is 59.9 Å². The van der Waals surface area contributed by atoms with Crippen molar-refractivity contribution < 1.29 is 14.7 Å². The lowest BCUT2D eigenvalue weighted by molar-refractivity contribution is -0.138. The molecule has 1 aromatic rings. The van der Waals surface area contributed by atoms with Crippen LogP contribution >= 0.6 is 0 Å². The van der Waals surface area contributed by atoms with Crippen LogP contribution in [0.3, 0.4) is 0 Å². The summed E-state index contributed by atoms with van der Waals surface area (Å²) >= 11 is 0. The number of nitrogens with one attached hydrogen (secondary N) is 2. The molecule has 1 saturated heterocycles. The number of amides is 1. The fourth-order valence-corrected chi connectivity index (χ4v) is 1.93. The molecule has 1 aromatic heterocycles. The minimum atomic E-state index is -0.913. The van der Waals surface area contributed by atoms with E-state index in [1.807, 2.05) is 0 Å². The Labute approximate surface area is 109 Å². The van der Waals surface area contributed by atoms with Crippen molar-refractivity contribution in [2.75, 3.05) is 31.6 Å². The third kappa shape index (κ3) is 2.79. The van der Waals surface area contributed by atoms with Gasteiger partial charge < -0.3 is 20.6 Å². The summed E-state index contributed by atoms with van der Waals surface area (Å²) in [4.78, 5) is 24.2. The fraction of sp³-hybridized carbons (Fsp3) is 0.455. The molecule has 0 spiro atoms. The Bertz CT molecular complexity index is 476. The van der Waals surface area contributed by atoms with Crippen LogP contribution in [0.2, 0.25) is 0 Å². The van der Waals surface area contributed by atoms with Crippen LogP contribution in [-0.2, 0) is 4.79 Å². The molecular formula is C11H15N5O3. The summed E-state index contributed by atoms with van der Waals surface area (Å²) in [5.74, 6) is -0.778. The first-order valence-electron chi connectivity index (χ1n) is 5.89. The number of aliphatic carboxylic acids is 1. The first-order chi connectivity index (χ1) is 9.13. The van der Waals surface area contributed by atoms with Crippen molar-refractivity contribution in [1.82, 2.24) is 20.8 Å². The Morgan fingerprint density at radius 1 is 1.47 bits per heavy atom. The van der Waals surface area contributed by atoms with E-state index in [1.54, 1.807) is 11.0 Å². The van der Waals surface area contributed by atoms with Gasteiger partial charge >= 0.3 is 5.97 Å². The first kappa shape index (κ1) is 13.2. The van der Waals surface area contributed by atoms with Crippen LogP contribution in [0.4, 0.5) is 5.82 Å². The number of hydrogen-bond acceptors (Lipinski definition) is 6. The van der Waals surface area contributed by atoms with Gasteiger partial charge in [0.15, 0.2) is 11.5 Å². The zero-order valence-corrected chi connectivity index (χ0v) is 10.5. The average molecular weight is 265 g/mol. The Kier molecular flexibility index (Phi) is 3.91. The lowest BCUT2D eigenvalue weighted by Crippen LogP contribution is -2.55. The van der Waals surface area contributed by atoms with Crippen LogP contribution < -0.4 is 15.5 Å². The molecule has 102 valence electrons. The molecule has 0 aliphatic carbocycles. The highest BCUT2D eigenvalue weighted by atomic mass is 16.4. The lowest BCUT2D eigenvalue weighted by Gasteiger charge is -2.33. The molecular weight excluding hydrogens is 250 g/mol. The van der Waals surface area contributed by atoms with Gasteiger partial charge in [0, 0.05) is 26.7 Å². The molecule has 1 atom stereocenters. The maximum Gasteiger partial charge on any atom is 0.327 e. The highest BCUT2D eigenvalue weighted by Gasteiger charge is 2.29. The molecule has 2 heterocycles. The van der Waals surface area contributed by atoms with Crippen molar-refractivity contribution in [3.8, 4) is 0 Å². The number of carboxylic acids is 1. The zero-order valence-electron chi connectivity index (χ0n) is 10.5. The van der Waals surface area contributed by atoms with Crippen molar-refractivity contribution in [2.45, 2.75) is 6.04 Å². The fourth-order valence-electron chi connectivity index (χ4n) is 1.93. The third-order valence-electron chi connectivity index (χ3n) is 2.93. The van der Waals surface area contributed by atoms with Crippen LogP contribution in [0.5, 0.6) is 0 Å². The molecule has 1 aliphatic rings. The summed E-state index contributed by atoms with van der Waals surface area (Å²) in [6, 6.07) is 2.47. The molecule has 19 heavy (non-hydrogen) atoms. The Morgan fingerprint density at radius 3 is 2.84 bits per heavy atom. The molecule has 0 saturated carbocycles. The SMILES string of the molecule is CNC(=O)c1ccc(N2CCNCC2C(=O)O)nn1. The Hall–Kier alpha value is -2.22. The topological polar surface area (TPSA) is 107 Å². The second-order valence-electron chi connectivity index (χ2n) is 4.11. The van der Waals surface area contributed by atoms with Crippen LogP contribution in [0.1, 0.15) is 10.5 Å². The van der Waals surface area contributed by atoms with Gasteiger partial charge in [0.2, 0.25) is 0 Å². The van der Waals surface area contributed by atoms with E-state index >= 15 is 0 Å². The number of anilines is 1. The predicted octanol–water partition coefficient (Wildman–Crippen LogP) is -1.30. The highest BCUT2D eigenvalue weighted by Crippen LogP contribution is 2.15. The molecule has 2 rings (SSSR count). The largest absolute Gasteiger partial charge is 0.480 e. The van der Waals surface area contributed by atoms with Crippen molar-refractivity contribution in [1.29, 1.82) is 0 Å². The van der Waals surface area contributed by atoms with Gasteiger partial charge in [-0.25, -0.2) is 4.79 Å². The molecule has 0 aromatic carbocycles. The number of hydrogen-bond donors (Lipinski definition) is 3. The van der Waals surface area contributed by atoms with Crippen LogP contribution in [0.25, 0.3) is 0 Å². The average Bonchev–Trinajstić information content (AvgIpc) is 2.46. The number of nitrogens with zero attached hydrogens (tertiary/aromatic N) is 3. The van der Waals surface area contributed by atoms with Crippen molar-refractivity contribution in [2.24, 2.45) is 0 Å². The first-order valence-corrected chi connectivity index (χ1v) is 5.89. The van der Waals surface area contributed by atoms with E-state index in [0.717, 1.165) is 0 Å². The van der Waals surface area contributed by atoms with Crippen molar-refractivity contribution in [3.63, 3.8) is 0 Å². The van der Waals surface area contributed by atoms with E-state index in [1.165, 1.54) is 13.1 Å². The molecule has 1 unspecified atom stereocenters. The number of carbonyl (C=O) groups excluding carboxylic acids is 1. The Balaban J connectivity index is 2.20. The minimum absolute atomic E-state index is 0.202. The second kappa shape index (κ2) is 5.61. The third-order valence-corrected chi connectivity index (χ3v) is 2.93. The molecule has 1 aliphatic heterocycles. The quantitative estimate of drug-likeness (QED) is 0.623. The van der Waals surface area contributed by atoms with Gasteiger partial charge in [-0.1, -0.05) is 0 Å². The lowest BCUT2D eigenvalue weighted by atomic mass is 10.2. The predicted molar refractivity (Wildman–Crippen MR) is 67.1 cm³/mol. The van der Waals surface area contributed by atoms with Gasteiger partial charge in [0.25, 0.3) is 5.91 Å². The van der Waals surface area contributed by atoms with Gasteiger partial charge in [-0.05, 0) is 12.1 Å². The summed E-state index contributed by atoms with van der Waals surface area (Å²) in [7, 11) is 1.51. The standard InChI is InChI=1S/C11H15N5O3/c1-12-10(17)7-2-3-9(15-14-7)16-5-4-13-6-8(16)11(18)19/h2-3,8,13H,4-6H2,1H3,(H,12,17)(H,18,19). The van der Waals surface area contributed by atoms with Crippen LogP contribution in [0.15, 0.2) is 12.1 Å². The zero-order chi connectivity index (χ0) is 13.8. The monoisotopic (exact) mass is 265 g/mol. The molecule has 8 nitrogen and oxygen atoms in total. The maximum absolute atomic E-state index is 11.3. The number of piperazine rings is 1. The molecule has 1 fully saturated rings. The normalized spacial score (nSPS) is 19.0. The molecule has 1 amide bonds. The van der Waals surface area contributed by atoms with Gasteiger partial charge in [0.05, 0.1) is 0 Å². The smallest absolute Gasteiger partial charge is 0.327 e. The van der Waals surface area contributed by atoms with Gasteiger partial charge in [0.1, 0.15) is 6.04 Å². The molecule has 0 bridgehead atoms. The van der Waals surface area contributed by atoms with E-state index in [9.17, 15) is 9.59 Å². The highest BCUT2D eigenvalue weighted by molar-refractivity contribution is 5.92. The summed E-state index contributed by atoms with van der Waals surface area (Å²) in [5, 5.41) is 22.4. The minimum Gasteiger partial charge on any atom is -0.480 e. The van der Waals surface area contributed by atoms with Crippen molar-refractivity contribution >= 4 is 17.7 Å². The van der Waals surface area contributed by atoms with Gasteiger partial charge in [-0.3, -0.25) is 4.79 Å². The summed E-state index contributed by atoms with van der Waals surface area (Å²) < 4.78 is 0. The summed E-state index contributed by atoms with van der Waals surface area (Å²) in [5.41, 5.74) is 0.202. The Morgan fingerprint density at radius 2 is 2.26 bits per heavy atom. The maximum atomic E-state index is 11.3. The number of aromatic nitrogens is 2. The number of carboxylic acid groups (broad SMARTS) is 1. The van der Waals surface area contributed by atoms with Gasteiger partial charge in [-0.2, -0.15) is 0 Å². The van der Waals surface area contributed by atoms with Gasteiger partial charge in [-0.15, -0.1) is 10.2 Å². The summed E-state index contributed by atoms with van der Waals surface area (Å²) in [6.07, 6.45) is 0. The van der Waals surface area contributed by atoms with E-state index < -0.39 is 12.0 Å². The van der Waals surface area contributed by atoms with Crippen LogP contribution in [0, 0.1) is 0 Å². The molecule has 8 heteroatoms. The van der Waals surface area contributed by atoms with Crippen molar-refractivity contribution in [3.05, 3.63) is 17.8 Å². The van der Waals surface area contributed by atoms with E-state index in [4.69, 9.17) is 5.11 Å². The molecule has 3 N–H and O–H groups in total. The second-order valence-corrected chi connectivity index (χ2v) is 4.11. The number of rotatable bonds is 3. The van der Waals surface area contributed by atoms with E-state index in [-0.39, 0.29) is 11.6 Å². The van der Waals surface area contributed by atoms with E-state index in [0.29, 0.717) is 25.5 Å². The molecule has 0 radical (unpaired) electrons. The summed E-state index contributed by atoms with van der Waals surface area (Å²) in [6.45, 7) is 1.57.